The van der Waals surface area contributed by atoms with Crippen molar-refractivity contribution >= 4 is 11.8 Å². The predicted octanol–water partition coefficient (Wildman–Crippen LogP) is 1.38. The van der Waals surface area contributed by atoms with Crippen LogP contribution in [0.25, 0.3) is 0 Å². The van der Waals surface area contributed by atoms with E-state index in [-0.39, 0.29) is 23.7 Å². The topological polar surface area (TPSA) is 37.4 Å². The number of amides is 2. The summed E-state index contributed by atoms with van der Waals surface area (Å²) in [7, 11) is 2.20. The first-order valence-electron chi connectivity index (χ1n) is 7.96. The Morgan fingerprint density at radius 1 is 1.05 bits per heavy atom. The average molecular weight is 275 g/mol. The number of hydrogen-bond acceptors (Lipinski definition) is 2. The van der Waals surface area contributed by atoms with Crippen LogP contribution in [0.3, 0.4) is 0 Å². The fourth-order valence-corrected chi connectivity index (χ4v) is 4.86. The molecule has 0 aromatic carbocycles. The van der Waals surface area contributed by atoms with Crippen molar-refractivity contribution < 1.29 is 14.1 Å². The van der Waals surface area contributed by atoms with Gasteiger partial charge in [0.1, 0.15) is 0 Å². The number of allylic oxidation sites excluding steroid dienone is 2. The summed E-state index contributed by atoms with van der Waals surface area (Å²) in [6.07, 6.45) is 9.07. The summed E-state index contributed by atoms with van der Waals surface area (Å²) >= 11 is 0. The Kier molecular flexibility index (Phi) is 2.62. The summed E-state index contributed by atoms with van der Waals surface area (Å²) in [4.78, 5) is 26.9. The summed E-state index contributed by atoms with van der Waals surface area (Å²) in [6.45, 7) is 2.79. The van der Waals surface area contributed by atoms with E-state index in [0.717, 1.165) is 24.0 Å². The molecule has 2 amide bonds. The van der Waals surface area contributed by atoms with Crippen LogP contribution in [0.1, 0.15) is 25.7 Å². The number of hydrogen-bond donors (Lipinski definition) is 0. The van der Waals surface area contributed by atoms with Gasteiger partial charge in [-0.3, -0.25) is 9.59 Å². The molecule has 4 aliphatic rings. The molecule has 4 rings (SSSR count). The first-order chi connectivity index (χ1) is 9.59. The van der Waals surface area contributed by atoms with Crippen molar-refractivity contribution in [2.45, 2.75) is 25.7 Å². The maximum absolute atomic E-state index is 12.7. The molecule has 0 aromatic rings. The highest BCUT2D eigenvalue weighted by molar-refractivity contribution is 6.06. The molecular weight excluding hydrogens is 252 g/mol. The minimum atomic E-state index is -0.0334. The molecule has 20 heavy (non-hydrogen) atoms. The normalized spacial score (nSPS) is 41.5. The molecule has 2 heterocycles. The van der Waals surface area contributed by atoms with Gasteiger partial charge < -0.3 is 4.48 Å². The van der Waals surface area contributed by atoms with Gasteiger partial charge in [0.15, 0.2) is 6.67 Å². The summed E-state index contributed by atoms with van der Waals surface area (Å²) in [5.41, 5.74) is 0. The van der Waals surface area contributed by atoms with Gasteiger partial charge in [0, 0.05) is 0 Å². The van der Waals surface area contributed by atoms with E-state index >= 15 is 0 Å². The molecule has 0 aromatic heterocycles. The van der Waals surface area contributed by atoms with E-state index in [1.807, 2.05) is 0 Å². The van der Waals surface area contributed by atoms with Crippen molar-refractivity contribution in [3.05, 3.63) is 12.2 Å². The summed E-state index contributed by atoms with van der Waals surface area (Å²) in [5.74, 6) is 0.822. The maximum Gasteiger partial charge on any atom is 0.238 e. The molecule has 2 aliphatic heterocycles. The highest BCUT2D eigenvalue weighted by Crippen LogP contribution is 2.52. The number of likely N-dealkylation sites (tertiary alicyclic amines) is 2. The smallest absolute Gasteiger partial charge is 0.238 e. The van der Waals surface area contributed by atoms with E-state index < -0.39 is 0 Å². The standard InChI is InChI=1S/C16H23N2O2/c1-18(7-3-2-4-8-18)10-17-15(19)13-11-5-6-12(9-11)14(13)16(17)20/h5-6,11-14H,2-4,7-10H2,1H3/q+1/t11-,12-,13-,14-/m1/s1. The van der Waals surface area contributed by atoms with Gasteiger partial charge in [-0.25, -0.2) is 4.90 Å². The average Bonchev–Trinajstić information content (AvgIpc) is 3.09. The minimum absolute atomic E-state index is 0.0334. The molecule has 2 aliphatic carbocycles. The van der Waals surface area contributed by atoms with Gasteiger partial charge >= 0.3 is 0 Å². The summed E-state index contributed by atoms with van der Waals surface area (Å²) < 4.78 is 0.861. The molecule has 2 saturated heterocycles. The van der Waals surface area contributed by atoms with E-state index in [0.29, 0.717) is 18.5 Å². The Balaban J connectivity index is 1.55. The molecule has 4 atom stereocenters. The van der Waals surface area contributed by atoms with Gasteiger partial charge in [0.05, 0.1) is 32.0 Å². The van der Waals surface area contributed by atoms with Gasteiger partial charge in [-0.2, -0.15) is 0 Å². The number of quaternary nitrogens is 1. The molecule has 2 bridgehead atoms. The quantitative estimate of drug-likeness (QED) is 0.434. The number of nitrogens with zero attached hydrogens (tertiary/aromatic N) is 2. The van der Waals surface area contributed by atoms with Crippen LogP contribution in [-0.4, -0.2) is 48.0 Å². The lowest BCUT2D eigenvalue weighted by atomic mass is 9.85. The van der Waals surface area contributed by atoms with E-state index in [1.165, 1.54) is 19.3 Å². The lowest BCUT2D eigenvalue weighted by Crippen LogP contribution is -2.55. The predicted molar refractivity (Wildman–Crippen MR) is 74.2 cm³/mol. The second-order valence-corrected chi connectivity index (χ2v) is 7.37. The fourth-order valence-electron chi connectivity index (χ4n) is 4.86. The van der Waals surface area contributed by atoms with Gasteiger partial charge in [-0.15, -0.1) is 0 Å². The largest absolute Gasteiger partial charge is 0.309 e. The fraction of sp³-hybridized carbons (Fsp3) is 0.750. The van der Waals surface area contributed by atoms with Gasteiger partial charge in [0.25, 0.3) is 0 Å². The van der Waals surface area contributed by atoms with E-state index in [4.69, 9.17) is 0 Å². The number of carbonyl (C=O) groups is 2. The van der Waals surface area contributed by atoms with E-state index in [1.54, 1.807) is 4.90 Å². The Hall–Kier alpha value is -1.16. The first-order valence-corrected chi connectivity index (χ1v) is 7.96. The van der Waals surface area contributed by atoms with Crippen molar-refractivity contribution in [3.8, 4) is 0 Å². The Morgan fingerprint density at radius 2 is 1.60 bits per heavy atom. The van der Waals surface area contributed by atoms with Crippen LogP contribution in [0.4, 0.5) is 0 Å². The number of carbonyl (C=O) groups excluding carboxylic acids is 2. The maximum atomic E-state index is 12.7. The van der Waals surface area contributed by atoms with Crippen molar-refractivity contribution in [2.75, 3.05) is 26.8 Å². The Bertz CT molecular complexity index is 463. The molecule has 4 heteroatoms. The van der Waals surface area contributed by atoms with Crippen molar-refractivity contribution in [3.63, 3.8) is 0 Å². The van der Waals surface area contributed by atoms with Crippen LogP contribution in [0.5, 0.6) is 0 Å². The zero-order valence-electron chi connectivity index (χ0n) is 12.1. The second kappa shape index (κ2) is 4.17. The van der Waals surface area contributed by atoms with Crippen LogP contribution in [0.15, 0.2) is 12.2 Å². The Labute approximate surface area is 120 Å². The van der Waals surface area contributed by atoms with E-state index in [9.17, 15) is 9.59 Å². The second-order valence-electron chi connectivity index (χ2n) is 7.37. The number of imide groups is 1. The molecule has 0 unspecified atom stereocenters. The molecule has 108 valence electrons. The number of fused-ring (bicyclic) bond motifs is 5. The zero-order chi connectivity index (χ0) is 13.9. The van der Waals surface area contributed by atoms with Crippen molar-refractivity contribution in [1.29, 1.82) is 0 Å². The zero-order valence-corrected chi connectivity index (χ0v) is 12.1. The monoisotopic (exact) mass is 275 g/mol. The van der Waals surface area contributed by atoms with E-state index in [2.05, 4.69) is 19.2 Å². The number of piperidine rings is 1. The molecular formula is C16H23N2O2+. The lowest BCUT2D eigenvalue weighted by molar-refractivity contribution is -0.920. The molecule has 4 nitrogen and oxygen atoms in total. The minimum Gasteiger partial charge on any atom is -0.309 e. The van der Waals surface area contributed by atoms with Crippen LogP contribution >= 0.6 is 0 Å². The van der Waals surface area contributed by atoms with Crippen LogP contribution in [0.2, 0.25) is 0 Å². The number of rotatable bonds is 2. The third-order valence-electron chi connectivity index (χ3n) is 5.94. The molecule has 3 fully saturated rings. The van der Waals surface area contributed by atoms with Crippen LogP contribution < -0.4 is 0 Å². The molecule has 1 saturated carbocycles. The van der Waals surface area contributed by atoms with Crippen LogP contribution in [-0.2, 0) is 9.59 Å². The van der Waals surface area contributed by atoms with Crippen molar-refractivity contribution in [1.82, 2.24) is 4.90 Å². The SMILES string of the molecule is C[N+]1(CN2C(=O)[C@H]3[C@H](C2=O)[C@@H]2C=C[C@@H]3C2)CCCCC1. The summed E-state index contributed by atoms with van der Waals surface area (Å²) in [5, 5.41) is 0. The van der Waals surface area contributed by atoms with Gasteiger partial charge in [-0.05, 0) is 37.5 Å². The highest BCUT2D eigenvalue weighted by atomic mass is 16.2. The molecule has 0 spiro atoms. The van der Waals surface area contributed by atoms with Crippen LogP contribution in [0, 0.1) is 23.7 Å². The highest BCUT2D eigenvalue weighted by Gasteiger charge is 2.60. The molecule has 0 N–H and O–H groups in total. The third kappa shape index (κ3) is 1.63. The third-order valence-corrected chi connectivity index (χ3v) is 5.94. The van der Waals surface area contributed by atoms with Crippen molar-refractivity contribution in [2.24, 2.45) is 23.7 Å². The van der Waals surface area contributed by atoms with Gasteiger partial charge in [0.2, 0.25) is 11.8 Å². The Morgan fingerprint density at radius 3 is 2.15 bits per heavy atom. The van der Waals surface area contributed by atoms with Gasteiger partial charge in [-0.1, -0.05) is 12.2 Å². The molecule has 0 radical (unpaired) electrons. The first kappa shape index (κ1) is 12.6. The summed E-state index contributed by atoms with van der Waals surface area (Å²) in [6, 6.07) is 0. The lowest BCUT2D eigenvalue weighted by Gasteiger charge is -2.39.